The van der Waals surface area contributed by atoms with Crippen molar-refractivity contribution < 1.29 is 18.8 Å². The van der Waals surface area contributed by atoms with Crippen LogP contribution in [0.2, 0.25) is 0 Å². The summed E-state index contributed by atoms with van der Waals surface area (Å²) in [5.74, 6) is 2.23. The van der Waals surface area contributed by atoms with Crippen LogP contribution in [0.1, 0.15) is 62.3 Å². The summed E-state index contributed by atoms with van der Waals surface area (Å²) in [7, 11) is 0.327. The van der Waals surface area contributed by atoms with Gasteiger partial charge in [0.2, 0.25) is 0 Å². The lowest BCUT2D eigenvalue weighted by Crippen LogP contribution is -2.35. The number of hydrogen-bond acceptors (Lipinski definition) is 4. The summed E-state index contributed by atoms with van der Waals surface area (Å²) in [6, 6.07) is 33.9. The molecule has 4 nitrogen and oxygen atoms in total. The largest absolute Gasteiger partial charge is 0.497 e. The molecule has 1 N–H and O–H groups in total. The normalized spacial score (nSPS) is 14.5. The monoisotopic (exact) mass is 572 g/mol. The highest BCUT2D eigenvalue weighted by Crippen LogP contribution is 2.54. The molecule has 0 aromatic heterocycles. The first-order valence-corrected chi connectivity index (χ1v) is 16.5. The van der Waals surface area contributed by atoms with Crippen LogP contribution in [0, 0.1) is 0 Å². The van der Waals surface area contributed by atoms with Gasteiger partial charge in [-0.1, -0.05) is 84.0 Å². The van der Waals surface area contributed by atoms with Crippen LogP contribution in [0.5, 0.6) is 17.2 Å². The molecule has 4 aromatic carbocycles. The molecule has 0 saturated carbocycles. The Kier molecular flexibility index (Phi) is 9.41. The summed E-state index contributed by atoms with van der Waals surface area (Å²) < 4.78 is 17.8. The topological polar surface area (TPSA) is 47.9 Å². The zero-order chi connectivity index (χ0) is 29.7. The minimum absolute atomic E-state index is 0.0458. The smallest absolute Gasteiger partial charge is 0.134 e. The number of rotatable bonds is 11. The molecule has 2 atom stereocenters. The quantitative estimate of drug-likeness (QED) is 0.195. The van der Waals surface area contributed by atoms with Crippen LogP contribution >= 0.6 is 10.3 Å². The maximum atomic E-state index is 12.7. The number of methoxy groups -OCH3 is 1. The summed E-state index contributed by atoms with van der Waals surface area (Å²) in [5, 5.41) is 12.7. The van der Waals surface area contributed by atoms with Gasteiger partial charge >= 0.3 is 0 Å². The van der Waals surface area contributed by atoms with Gasteiger partial charge in [-0.05, 0) is 98.4 Å². The second-order valence-electron chi connectivity index (χ2n) is 11.8. The predicted octanol–water partition coefficient (Wildman–Crippen LogP) is 8.86. The van der Waals surface area contributed by atoms with Gasteiger partial charge in [0.25, 0.3) is 0 Å². The molecular weight excluding hydrogens is 528 g/mol. The van der Waals surface area contributed by atoms with Gasteiger partial charge in [-0.15, -0.1) is 0 Å². The van der Waals surface area contributed by atoms with Crippen molar-refractivity contribution >= 4 is 10.3 Å². The Bertz CT molecular complexity index is 1380. The van der Waals surface area contributed by atoms with Gasteiger partial charge in [-0.2, -0.15) is 0 Å². The highest BCUT2D eigenvalue weighted by Gasteiger charge is 2.40. The second kappa shape index (κ2) is 12.6. The Morgan fingerprint density at radius 2 is 1.22 bits per heavy atom. The van der Waals surface area contributed by atoms with E-state index in [2.05, 4.69) is 52.3 Å². The van der Waals surface area contributed by atoms with Gasteiger partial charge in [0.05, 0.1) is 7.11 Å². The van der Waals surface area contributed by atoms with Crippen molar-refractivity contribution in [3.63, 3.8) is 0 Å². The molecule has 41 heavy (non-hydrogen) atoms. The molecule has 0 amide bonds. The maximum absolute atomic E-state index is 12.7. The van der Waals surface area contributed by atoms with Crippen molar-refractivity contribution in [1.82, 2.24) is 0 Å². The van der Waals surface area contributed by atoms with E-state index in [0.717, 1.165) is 45.9 Å². The van der Waals surface area contributed by atoms with Gasteiger partial charge < -0.3 is 18.8 Å². The molecule has 0 saturated heterocycles. The van der Waals surface area contributed by atoms with Crippen LogP contribution in [0.3, 0.4) is 0 Å². The molecule has 218 valence electrons. The third-order valence-corrected chi connectivity index (χ3v) is 11.6. The summed E-state index contributed by atoms with van der Waals surface area (Å²) >= 11 is 0. The fourth-order valence-electron chi connectivity index (χ4n) is 4.85. The average molecular weight is 573 g/mol. The number of ether oxygens (including phenoxy) is 2. The van der Waals surface area contributed by atoms with Gasteiger partial charge in [-0.3, -0.25) is 0 Å². The molecule has 0 bridgehead atoms. The molecule has 2 unspecified atom stereocenters. The SMILES string of the molecule is CCC(c1ccccc1)C(O)(c1ccc(OCc2ccc(OC)cc2)cc1)c1ccc(OS(C)(C)C(C)(C)C)cc1. The van der Waals surface area contributed by atoms with Crippen LogP contribution in [0.4, 0.5) is 0 Å². The molecule has 0 fully saturated rings. The van der Waals surface area contributed by atoms with Crippen molar-refractivity contribution in [2.45, 2.75) is 57.0 Å². The molecule has 0 aliphatic carbocycles. The van der Waals surface area contributed by atoms with Gasteiger partial charge in [-0.25, -0.2) is 0 Å². The molecule has 0 radical (unpaired) electrons. The molecule has 0 aliphatic rings. The second-order valence-corrected chi connectivity index (χ2v) is 15.6. The Morgan fingerprint density at radius 3 is 1.71 bits per heavy atom. The molecule has 4 rings (SSSR count). The van der Waals surface area contributed by atoms with Crippen LogP contribution in [-0.4, -0.2) is 29.5 Å². The minimum Gasteiger partial charge on any atom is -0.497 e. The van der Waals surface area contributed by atoms with Gasteiger partial charge in [0.1, 0.15) is 29.5 Å². The van der Waals surface area contributed by atoms with Crippen LogP contribution in [-0.2, 0) is 12.2 Å². The Balaban J connectivity index is 1.65. The average Bonchev–Trinajstić information content (AvgIpc) is 2.97. The minimum atomic E-state index is -1.33. The van der Waals surface area contributed by atoms with E-state index in [1.54, 1.807) is 7.11 Å². The third kappa shape index (κ3) is 6.91. The molecule has 0 heterocycles. The summed E-state index contributed by atoms with van der Waals surface area (Å²) in [6.45, 7) is 9.22. The summed E-state index contributed by atoms with van der Waals surface area (Å²) in [6.07, 6.45) is 5.14. The molecular formula is C36H44O4S. The van der Waals surface area contributed by atoms with E-state index in [9.17, 15) is 5.11 Å². The Labute approximate surface area is 247 Å². The zero-order valence-corrected chi connectivity index (χ0v) is 26.2. The van der Waals surface area contributed by atoms with Gasteiger partial charge in [0, 0.05) is 10.7 Å². The predicted molar refractivity (Wildman–Crippen MR) is 173 cm³/mol. The summed E-state index contributed by atoms with van der Waals surface area (Å²) in [4.78, 5) is 0. The lowest BCUT2D eigenvalue weighted by atomic mass is 9.72. The highest BCUT2D eigenvalue weighted by atomic mass is 32.3. The lowest BCUT2D eigenvalue weighted by molar-refractivity contribution is 0.0476. The Hall–Kier alpha value is -3.41. The fourth-order valence-corrected chi connectivity index (χ4v) is 5.69. The number of hydrogen-bond donors (Lipinski definition) is 1. The van der Waals surface area contributed by atoms with E-state index < -0.39 is 15.9 Å². The van der Waals surface area contributed by atoms with Crippen molar-refractivity contribution in [3.8, 4) is 17.2 Å². The van der Waals surface area contributed by atoms with Crippen molar-refractivity contribution in [2.24, 2.45) is 0 Å². The first-order chi connectivity index (χ1) is 19.5. The summed E-state index contributed by atoms with van der Waals surface area (Å²) in [5.41, 5.74) is 2.54. The molecule has 0 aliphatic heterocycles. The van der Waals surface area contributed by atoms with E-state index in [1.807, 2.05) is 91.0 Å². The van der Waals surface area contributed by atoms with E-state index in [0.29, 0.717) is 6.61 Å². The van der Waals surface area contributed by atoms with E-state index in [-0.39, 0.29) is 10.7 Å². The fraction of sp³-hybridized carbons (Fsp3) is 0.333. The zero-order valence-electron chi connectivity index (χ0n) is 25.4. The number of benzene rings is 4. The number of aliphatic hydroxyl groups is 1. The third-order valence-electron chi connectivity index (χ3n) is 8.05. The van der Waals surface area contributed by atoms with Gasteiger partial charge in [0.15, 0.2) is 0 Å². The van der Waals surface area contributed by atoms with Crippen molar-refractivity contribution in [3.05, 3.63) is 125 Å². The van der Waals surface area contributed by atoms with E-state index in [4.69, 9.17) is 13.7 Å². The first-order valence-electron chi connectivity index (χ1n) is 14.1. The molecule has 0 spiro atoms. The maximum Gasteiger partial charge on any atom is 0.134 e. The van der Waals surface area contributed by atoms with Crippen LogP contribution < -0.4 is 13.7 Å². The van der Waals surface area contributed by atoms with Crippen molar-refractivity contribution in [2.75, 3.05) is 19.6 Å². The van der Waals surface area contributed by atoms with E-state index in [1.165, 1.54) is 0 Å². The first kappa shape index (κ1) is 30.5. The van der Waals surface area contributed by atoms with E-state index >= 15 is 0 Å². The highest BCUT2D eigenvalue weighted by molar-refractivity contribution is 8.30. The van der Waals surface area contributed by atoms with Crippen molar-refractivity contribution in [1.29, 1.82) is 0 Å². The Morgan fingerprint density at radius 1 is 0.707 bits per heavy atom. The van der Waals surface area contributed by atoms with Crippen LogP contribution in [0.15, 0.2) is 103 Å². The molecule has 5 heteroatoms. The molecule has 4 aromatic rings. The standard InChI is InChI=1S/C36H44O4S/c1-8-34(28-12-10-9-11-13-28)36(37,30-18-24-33(25-19-30)40-41(6,7)35(2,3)4)29-16-22-32(23-17-29)39-26-27-14-20-31(38-5)21-15-27/h9-25,34,37H,8,26H2,1-7H3. The lowest BCUT2D eigenvalue weighted by Gasteiger charge is -2.44. The van der Waals surface area contributed by atoms with Crippen LogP contribution in [0.25, 0.3) is 0 Å².